The summed E-state index contributed by atoms with van der Waals surface area (Å²) in [5.41, 5.74) is -0.0591. The summed E-state index contributed by atoms with van der Waals surface area (Å²) in [6.07, 6.45) is 1.93. The Balaban J connectivity index is 2.15. The largest absolute Gasteiger partial charge is 0.242 e. The molecule has 1 aliphatic carbocycles. The molecule has 1 aliphatic rings. The van der Waals surface area contributed by atoms with Crippen LogP contribution in [0, 0.1) is 5.41 Å². The Morgan fingerprint density at radius 2 is 2.06 bits per heavy atom. The lowest BCUT2D eigenvalue weighted by Gasteiger charge is -2.13. The first-order chi connectivity index (χ1) is 8.38. The second kappa shape index (κ2) is 5.29. The van der Waals surface area contributed by atoms with Gasteiger partial charge in [-0.2, -0.15) is 0 Å². The normalized spacial score (nSPS) is 17.7. The van der Waals surface area contributed by atoms with Gasteiger partial charge in [-0.1, -0.05) is 27.5 Å². The molecule has 3 nitrogen and oxygen atoms in total. The highest BCUT2D eigenvalue weighted by Gasteiger charge is 2.42. The van der Waals surface area contributed by atoms with Crippen molar-refractivity contribution in [2.24, 2.45) is 5.41 Å². The third kappa shape index (κ3) is 3.20. The van der Waals surface area contributed by atoms with E-state index in [4.69, 9.17) is 23.2 Å². The minimum Gasteiger partial charge on any atom is -0.211 e. The minimum atomic E-state index is -3.57. The van der Waals surface area contributed by atoms with Crippen LogP contribution in [0.5, 0.6) is 0 Å². The van der Waals surface area contributed by atoms with Gasteiger partial charge in [-0.15, -0.1) is 11.6 Å². The molecule has 0 spiro atoms. The molecule has 7 heteroatoms. The summed E-state index contributed by atoms with van der Waals surface area (Å²) in [7, 11) is -3.57. The van der Waals surface area contributed by atoms with Crippen molar-refractivity contribution >= 4 is 49.2 Å². The molecule has 18 heavy (non-hydrogen) atoms. The van der Waals surface area contributed by atoms with Crippen LogP contribution in [0.4, 0.5) is 0 Å². The molecule has 0 atom stereocenters. The zero-order valence-corrected chi connectivity index (χ0v) is 13.3. The van der Waals surface area contributed by atoms with Crippen LogP contribution in [0.2, 0.25) is 5.02 Å². The third-order valence-corrected chi connectivity index (χ3v) is 6.01. The lowest BCUT2D eigenvalue weighted by Crippen LogP contribution is -2.31. The topological polar surface area (TPSA) is 46.2 Å². The molecule has 1 saturated carbocycles. The molecule has 0 heterocycles. The van der Waals surface area contributed by atoms with Crippen LogP contribution < -0.4 is 4.72 Å². The standard InChI is InChI=1S/C11H12BrCl2NO2S/c12-8-1-2-10(9(14)5-8)18(16,17)15-7-11(6-13)3-4-11/h1-2,5,15H,3-4,6-7H2. The first-order valence-corrected chi connectivity index (χ1v) is 8.58. The zero-order chi connectivity index (χ0) is 13.4. The number of hydrogen-bond acceptors (Lipinski definition) is 2. The van der Waals surface area contributed by atoms with Gasteiger partial charge in [0.1, 0.15) is 4.90 Å². The van der Waals surface area contributed by atoms with Crippen molar-refractivity contribution < 1.29 is 8.42 Å². The molecular formula is C11H12BrCl2NO2S. The van der Waals surface area contributed by atoms with Crippen LogP contribution in [0.1, 0.15) is 12.8 Å². The van der Waals surface area contributed by atoms with Crippen molar-refractivity contribution in [3.05, 3.63) is 27.7 Å². The quantitative estimate of drug-likeness (QED) is 0.805. The lowest BCUT2D eigenvalue weighted by molar-refractivity contribution is 0.534. The molecule has 2 rings (SSSR count). The summed E-state index contributed by atoms with van der Waals surface area (Å²) < 4.78 is 27.5. The highest BCUT2D eigenvalue weighted by molar-refractivity contribution is 9.10. The molecular weight excluding hydrogens is 361 g/mol. The summed E-state index contributed by atoms with van der Waals surface area (Å²) in [5.74, 6) is 0.476. The van der Waals surface area contributed by atoms with Crippen LogP contribution in [-0.4, -0.2) is 20.8 Å². The monoisotopic (exact) mass is 371 g/mol. The van der Waals surface area contributed by atoms with Crippen molar-refractivity contribution in [3.63, 3.8) is 0 Å². The average molecular weight is 373 g/mol. The maximum Gasteiger partial charge on any atom is 0.242 e. The smallest absolute Gasteiger partial charge is 0.211 e. The van der Waals surface area contributed by atoms with Gasteiger partial charge in [-0.3, -0.25) is 0 Å². The van der Waals surface area contributed by atoms with Gasteiger partial charge in [0.05, 0.1) is 5.02 Å². The maximum atomic E-state index is 12.1. The highest BCUT2D eigenvalue weighted by Crippen LogP contribution is 2.46. The predicted molar refractivity (Wildman–Crippen MR) is 76.7 cm³/mol. The zero-order valence-electron chi connectivity index (χ0n) is 9.42. The average Bonchev–Trinajstić information content (AvgIpc) is 3.07. The number of alkyl halides is 1. The Hall–Kier alpha value is 0.190. The molecule has 0 bridgehead atoms. The van der Waals surface area contributed by atoms with E-state index in [9.17, 15) is 8.42 Å². The number of sulfonamides is 1. The number of rotatable bonds is 5. The second-order valence-corrected chi connectivity index (χ2v) is 7.86. The molecule has 1 aromatic carbocycles. The van der Waals surface area contributed by atoms with Crippen LogP contribution in [0.15, 0.2) is 27.6 Å². The number of halogens is 3. The van der Waals surface area contributed by atoms with E-state index in [0.717, 1.165) is 17.3 Å². The van der Waals surface area contributed by atoms with Gasteiger partial charge in [0.2, 0.25) is 10.0 Å². The van der Waals surface area contributed by atoms with Gasteiger partial charge in [-0.25, -0.2) is 13.1 Å². The Morgan fingerprint density at radius 1 is 1.39 bits per heavy atom. The summed E-state index contributed by atoms with van der Waals surface area (Å²) in [6, 6.07) is 4.69. The van der Waals surface area contributed by atoms with E-state index >= 15 is 0 Å². The highest BCUT2D eigenvalue weighted by atomic mass is 79.9. The predicted octanol–water partition coefficient (Wildman–Crippen LogP) is 3.40. The van der Waals surface area contributed by atoms with Gasteiger partial charge in [-0.05, 0) is 36.5 Å². The summed E-state index contributed by atoms with van der Waals surface area (Å²) in [6.45, 7) is 0.366. The molecule has 100 valence electrons. The van der Waals surface area contributed by atoms with Crippen molar-refractivity contribution in [1.82, 2.24) is 4.72 Å². The van der Waals surface area contributed by atoms with E-state index in [0.29, 0.717) is 12.4 Å². The van der Waals surface area contributed by atoms with E-state index in [1.165, 1.54) is 6.07 Å². The minimum absolute atomic E-state index is 0.0591. The van der Waals surface area contributed by atoms with E-state index in [2.05, 4.69) is 20.7 Å². The van der Waals surface area contributed by atoms with Crippen molar-refractivity contribution in [2.75, 3.05) is 12.4 Å². The van der Waals surface area contributed by atoms with E-state index in [1.54, 1.807) is 12.1 Å². The molecule has 1 aromatic rings. The Bertz CT molecular complexity index is 558. The van der Waals surface area contributed by atoms with Gasteiger partial charge >= 0.3 is 0 Å². The molecule has 0 aliphatic heterocycles. The summed E-state index contributed by atoms with van der Waals surface area (Å²) in [5, 5.41) is 0.201. The van der Waals surface area contributed by atoms with Gasteiger partial charge < -0.3 is 0 Å². The van der Waals surface area contributed by atoms with Crippen LogP contribution in [0.3, 0.4) is 0 Å². The first kappa shape index (κ1) is 14.6. The fraction of sp³-hybridized carbons (Fsp3) is 0.455. The van der Waals surface area contributed by atoms with Gasteiger partial charge in [0.25, 0.3) is 0 Å². The Morgan fingerprint density at radius 3 is 2.56 bits per heavy atom. The lowest BCUT2D eigenvalue weighted by atomic mass is 10.1. The van der Waals surface area contributed by atoms with Crippen LogP contribution in [-0.2, 0) is 10.0 Å². The maximum absolute atomic E-state index is 12.1. The van der Waals surface area contributed by atoms with E-state index < -0.39 is 10.0 Å². The number of nitrogens with one attached hydrogen (secondary N) is 1. The molecule has 0 radical (unpaired) electrons. The molecule has 1 fully saturated rings. The Kier molecular flexibility index (Phi) is 4.29. The molecule has 0 aromatic heterocycles. The van der Waals surface area contributed by atoms with Gasteiger partial charge in [0, 0.05) is 16.9 Å². The molecule has 1 N–H and O–H groups in total. The number of hydrogen-bond donors (Lipinski definition) is 1. The molecule has 0 unspecified atom stereocenters. The van der Waals surface area contributed by atoms with Crippen molar-refractivity contribution in [3.8, 4) is 0 Å². The first-order valence-electron chi connectivity index (χ1n) is 5.39. The third-order valence-electron chi connectivity index (χ3n) is 3.06. The molecule has 0 amide bonds. The van der Waals surface area contributed by atoms with Crippen LogP contribution >= 0.6 is 39.1 Å². The second-order valence-electron chi connectivity index (χ2n) is 4.53. The molecule has 0 saturated heterocycles. The van der Waals surface area contributed by atoms with Crippen molar-refractivity contribution in [1.29, 1.82) is 0 Å². The van der Waals surface area contributed by atoms with E-state index in [-0.39, 0.29) is 15.3 Å². The fourth-order valence-electron chi connectivity index (χ4n) is 1.55. The van der Waals surface area contributed by atoms with Crippen molar-refractivity contribution in [2.45, 2.75) is 17.7 Å². The summed E-state index contributed by atoms with van der Waals surface area (Å²) >= 11 is 15.0. The van der Waals surface area contributed by atoms with Gasteiger partial charge in [0.15, 0.2) is 0 Å². The Labute approximate surface area is 125 Å². The SMILES string of the molecule is O=S(=O)(NCC1(CCl)CC1)c1ccc(Br)cc1Cl. The fourth-order valence-corrected chi connectivity index (χ4v) is 4.11. The number of benzene rings is 1. The van der Waals surface area contributed by atoms with E-state index in [1.807, 2.05) is 0 Å². The van der Waals surface area contributed by atoms with Crippen LogP contribution in [0.25, 0.3) is 0 Å². The summed E-state index contributed by atoms with van der Waals surface area (Å²) in [4.78, 5) is 0.0951.